The second-order valence-electron chi connectivity index (χ2n) is 10.8. The van der Waals surface area contributed by atoms with Gasteiger partial charge in [0.25, 0.3) is 10.0 Å². The Bertz CT molecular complexity index is 1360. The highest BCUT2D eigenvalue weighted by atomic mass is 32.2. The van der Waals surface area contributed by atoms with Gasteiger partial charge >= 0.3 is 0 Å². The Balaban J connectivity index is 1.25. The lowest BCUT2D eigenvalue weighted by atomic mass is 9.57. The van der Waals surface area contributed by atoms with E-state index in [1.165, 1.54) is 18.3 Å². The number of piperidine rings is 1. The van der Waals surface area contributed by atoms with Crippen LogP contribution in [-0.2, 0) is 31.0 Å². The molecule has 7 aliphatic carbocycles. The van der Waals surface area contributed by atoms with Gasteiger partial charge in [-0.3, -0.25) is 14.4 Å². The van der Waals surface area contributed by atoms with Crippen molar-refractivity contribution in [2.45, 2.75) is 12.6 Å². The first-order valence-electron chi connectivity index (χ1n) is 11.7. The second kappa shape index (κ2) is 5.84. The first-order valence-corrected chi connectivity index (χ1v) is 13.2. The van der Waals surface area contributed by atoms with Crippen LogP contribution in [0.2, 0.25) is 0 Å². The Morgan fingerprint density at radius 1 is 0.882 bits per heavy atom. The van der Waals surface area contributed by atoms with Crippen LogP contribution in [0.4, 0.5) is 4.39 Å². The van der Waals surface area contributed by atoms with E-state index in [0.29, 0.717) is 5.78 Å². The summed E-state index contributed by atoms with van der Waals surface area (Å²) in [5.41, 5.74) is 0.732. The Morgan fingerprint density at radius 2 is 1.50 bits per heavy atom. The van der Waals surface area contributed by atoms with E-state index in [2.05, 4.69) is 9.71 Å². The number of rotatable bonds is 3. The molecule has 8 nitrogen and oxygen atoms in total. The number of nitrogens with zero attached hydrogens (tertiary/aromatic N) is 2. The third-order valence-corrected chi connectivity index (χ3v) is 10.5. The monoisotopic (exact) mass is 481 g/mol. The smallest absolute Gasteiger partial charge is 0.278 e. The average molecular weight is 482 g/mol. The summed E-state index contributed by atoms with van der Waals surface area (Å²) in [5.74, 6) is -1.56. The van der Waals surface area contributed by atoms with Crippen molar-refractivity contribution in [3.05, 3.63) is 47.3 Å². The highest BCUT2D eigenvalue weighted by Gasteiger charge is 2.89. The van der Waals surface area contributed by atoms with Crippen LogP contribution in [0.3, 0.4) is 0 Å². The van der Waals surface area contributed by atoms with Gasteiger partial charge in [0, 0.05) is 36.5 Å². The third-order valence-electron chi connectivity index (χ3n) is 9.62. The van der Waals surface area contributed by atoms with Crippen LogP contribution < -0.4 is 5.32 Å². The molecular weight excluding hydrogens is 461 g/mol. The van der Waals surface area contributed by atoms with Crippen molar-refractivity contribution in [3.8, 4) is 0 Å². The van der Waals surface area contributed by atoms with Gasteiger partial charge in [0.15, 0.2) is 11.7 Å². The predicted octanol–water partition coefficient (Wildman–Crippen LogP) is 0.707. The van der Waals surface area contributed by atoms with Crippen molar-refractivity contribution in [1.29, 1.82) is 0 Å². The number of ketones is 2. The van der Waals surface area contributed by atoms with Crippen LogP contribution >= 0.6 is 0 Å². The number of nitrogens with one attached hydrogen (secondary N) is 1. The molecule has 2 aliphatic heterocycles. The molecule has 0 spiro atoms. The number of benzene rings is 1. The molecule has 0 aromatic heterocycles. The molecule has 10 rings (SSSR count). The predicted molar refractivity (Wildman–Crippen MR) is 114 cm³/mol. The maximum absolute atomic E-state index is 13.9. The highest BCUT2D eigenvalue weighted by Crippen LogP contribution is 2.85. The van der Waals surface area contributed by atoms with Crippen molar-refractivity contribution in [2.24, 2.45) is 63.6 Å². The Kier molecular flexibility index (Phi) is 3.34. The molecule has 10 heteroatoms. The van der Waals surface area contributed by atoms with E-state index in [4.69, 9.17) is 0 Å². The molecule has 1 N–H and O–H groups in total. The SMILES string of the molecule is O=C1C2C3C2C2C4C1C4C3[C@H]1C(=O)C(C3=NS(=O)(=O)C=CN3)C(=O)N(Cc3ccc(F)cc3)[C@@H]21. The zero-order chi connectivity index (χ0) is 23.3. The van der Waals surface area contributed by atoms with Gasteiger partial charge in [-0.25, -0.2) is 4.39 Å². The van der Waals surface area contributed by atoms with E-state index in [-0.39, 0.29) is 77.4 Å². The van der Waals surface area contributed by atoms with Crippen LogP contribution in [0.5, 0.6) is 0 Å². The fourth-order valence-corrected chi connectivity index (χ4v) is 9.47. The van der Waals surface area contributed by atoms with E-state index >= 15 is 0 Å². The number of likely N-dealkylation sites (tertiary alicyclic amines) is 1. The van der Waals surface area contributed by atoms with E-state index in [9.17, 15) is 27.2 Å². The van der Waals surface area contributed by atoms with Crippen LogP contribution in [-0.4, -0.2) is 42.7 Å². The summed E-state index contributed by atoms with van der Waals surface area (Å²) in [5, 5.41) is 3.61. The van der Waals surface area contributed by atoms with E-state index in [1.807, 2.05) is 0 Å². The molecule has 7 unspecified atom stereocenters. The molecule has 9 atom stereocenters. The van der Waals surface area contributed by atoms with Gasteiger partial charge in [0.2, 0.25) is 5.91 Å². The molecule has 0 radical (unpaired) electrons. The Labute approximate surface area is 194 Å². The zero-order valence-electron chi connectivity index (χ0n) is 17.7. The van der Waals surface area contributed by atoms with Crippen molar-refractivity contribution < 1.29 is 27.2 Å². The first kappa shape index (κ1) is 19.4. The Morgan fingerprint density at radius 3 is 2.15 bits per heavy atom. The number of hydrogen-bond donors (Lipinski definition) is 1. The van der Waals surface area contributed by atoms with Crippen LogP contribution in [0, 0.1) is 65.0 Å². The van der Waals surface area contributed by atoms with Crippen molar-refractivity contribution in [3.63, 3.8) is 0 Å². The number of hydrogen-bond acceptors (Lipinski definition) is 6. The van der Waals surface area contributed by atoms with Crippen molar-refractivity contribution in [1.82, 2.24) is 10.2 Å². The summed E-state index contributed by atoms with van der Waals surface area (Å²) in [6.07, 6.45) is 1.18. The van der Waals surface area contributed by atoms with Gasteiger partial charge in [0.05, 0.1) is 5.41 Å². The molecule has 1 aromatic rings. The quantitative estimate of drug-likeness (QED) is 0.637. The first-order chi connectivity index (χ1) is 16.3. The largest absolute Gasteiger partial charge is 0.348 e. The standard InChI is InChI=1S/C24H20FN3O5S/c25-9-3-1-8(2-4-9)7-28-20-15-13-10-12(11-14(15)17(11)21(29)16(10)13)18(20)22(30)19(24(28)31)23-26-5-6-34(32,33)27-23/h1-6,10-20H,7H2,(H,26,27)/t10?,11?,12?,13?,14?,15?,16?,17?,18-,19?,20+/m1/s1. The molecule has 1 saturated heterocycles. The van der Waals surface area contributed by atoms with Gasteiger partial charge in [-0.15, -0.1) is 4.40 Å². The molecular formula is C24H20FN3O5S. The maximum Gasteiger partial charge on any atom is 0.278 e. The molecule has 9 aliphatic rings. The van der Waals surface area contributed by atoms with Gasteiger partial charge in [0.1, 0.15) is 17.4 Å². The molecule has 174 valence electrons. The van der Waals surface area contributed by atoms with Crippen LogP contribution in [0.15, 0.2) is 40.3 Å². The molecule has 2 heterocycles. The summed E-state index contributed by atoms with van der Waals surface area (Å²) in [7, 11) is -3.93. The van der Waals surface area contributed by atoms with Gasteiger partial charge < -0.3 is 10.2 Å². The second-order valence-corrected chi connectivity index (χ2v) is 12.3. The summed E-state index contributed by atoms with van der Waals surface area (Å²) in [4.78, 5) is 42.3. The summed E-state index contributed by atoms with van der Waals surface area (Å²) < 4.78 is 41.4. The minimum Gasteiger partial charge on any atom is -0.348 e. The number of halogens is 1. The molecule has 1 aromatic carbocycles. The van der Waals surface area contributed by atoms with Gasteiger partial charge in [-0.2, -0.15) is 8.42 Å². The molecule has 1 amide bonds. The highest BCUT2D eigenvalue weighted by molar-refractivity contribution is 7.93. The van der Waals surface area contributed by atoms with Crippen molar-refractivity contribution >= 4 is 33.3 Å². The topological polar surface area (TPSA) is 113 Å². The maximum atomic E-state index is 13.9. The third kappa shape index (κ3) is 2.17. The average Bonchev–Trinajstić information content (AvgIpc) is 3.69. The van der Waals surface area contributed by atoms with Gasteiger partial charge in [-0.05, 0) is 53.2 Å². The van der Waals surface area contributed by atoms with Crippen LogP contribution in [0.25, 0.3) is 0 Å². The van der Waals surface area contributed by atoms with E-state index in [1.54, 1.807) is 17.0 Å². The van der Waals surface area contributed by atoms with E-state index in [0.717, 1.165) is 11.0 Å². The summed E-state index contributed by atoms with van der Waals surface area (Å²) in [6, 6.07) is 5.60. The lowest BCUT2D eigenvalue weighted by molar-refractivity contribution is -0.163. The summed E-state index contributed by atoms with van der Waals surface area (Å²) in [6.45, 7) is 0.196. The van der Waals surface area contributed by atoms with Crippen LogP contribution in [0.1, 0.15) is 5.56 Å². The van der Waals surface area contributed by atoms with Gasteiger partial charge in [-0.1, -0.05) is 12.1 Å². The Hall–Kier alpha value is -2.88. The lowest BCUT2D eigenvalue weighted by Crippen LogP contribution is -2.67. The molecule has 7 saturated carbocycles. The molecule has 8 bridgehead atoms. The minimum atomic E-state index is -3.93. The lowest BCUT2D eigenvalue weighted by Gasteiger charge is -2.55. The van der Waals surface area contributed by atoms with E-state index < -0.39 is 27.8 Å². The number of carbonyl (C=O) groups excluding carboxylic acids is 3. The summed E-state index contributed by atoms with van der Waals surface area (Å²) >= 11 is 0. The minimum absolute atomic E-state index is 0.0167. The number of sulfonamides is 1. The molecule has 34 heavy (non-hydrogen) atoms. The fourth-order valence-electron chi connectivity index (χ4n) is 8.74. The van der Waals surface area contributed by atoms with Crippen molar-refractivity contribution in [2.75, 3.05) is 0 Å². The normalized spacial score (nSPS) is 47.7. The fraction of sp³-hybridized carbons (Fsp3) is 0.500. The number of amidine groups is 1. The number of carbonyl (C=O) groups is 3. The number of amides is 1. The zero-order valence-corrected chi connectivity index (χ0v) is 18.6. The number of Topliss-reactive ketones (excluding diaryl/α,β-unsaturated/α-hetero) is 2. The molecule has 8 fully saturated rings.